The highest BCUT2D eigenvalue weighted by Crippen LogP contribution is 2.41. The zero-order chi connectivity index (χ0) is 18.8. The van der Waals surface area contributed by atoms with Crippen LogP contribution in [0, 0.1) is 0 Å². The van der Waals surface area contributed by atoms with Gasteiger partial charge in [0.15, 0.2) is 11.5 Å². The van der Waals surface area contributed by atoms with Gasteiger partial charge in [0.2, 0.25) is 17.6 Å². The van der Waals surface area contributed by atoms with Gasteiger partial charge in [0.25, 0.3) is 0 Å². The van der Waals surface area contributed by atoms with Gasteiger partial charge in [-0.05, 0) is 6.42 Å². The summed E-state index contributed by atoms with van der Waals surface area (Å²) in [7, 11) is 4.51. The van der Waals surface area contributed by atoms with Gasteiger partial charge in [-0.1, -0.05) is 19.8 Å². The van der Waals surface area contributed by atoms with Crippen molar-refractivity contribution >= 4 is 17.5 Å². The molecule has 1 aromatic rings. The molecule has 0 unspecified atom stereocenters. The number of ether oxygens (including phenoxy) is 3. The fourth-order valence-corrected chi connectivity index (χ4v) is 2.41. The molecule has 25 heavy (non-hydrogen) atoms. The third kappa shape index (κ3) is 5.85. The maximum atomic E-state index is 12.1. The molecule has 0 bridgehead atoms. The Morgan fingerprint density at radius 2 is 1.64 bits per heavy atom. The van der Waals surface area contributed by atoms with Crippen LogP contribution < -0.4 is 24.4 Å². The van der Waals surface area contributed by atoms with E-state index in [9.17, 15) is 9.59 Å². The van der Waals surface area contributed by atoms with Gasteiger partial charge in [-0.15, -0.1) is 0 Å². The Hall–Kier alpha value is -2.44. The van der Waals surface area contributed by atoms with Crippen LogP contribution in [0.25, 0.3) is 0 Å². The first kappa shape index (κ1) is 20.6. The first-order chi connectivity index (χ1) is 12.0. The summed E-state index contributed by atoms with van der Waals surface area (Å²) in [6.45, 7) is 4.05. The first-order valence-electron chi connectivity index (χ1n) is 8.33. The Labute approximate surface area is 149 Å². The topological polar surface area (TPSA) is 77.1 Å². The maximum Gasteiger partial charge on any atom is 0.240 e. The van der Waals surface area contributed by atoms with Crippen LogP contribution in [-0.2, 0) is 9.59 Å². The van der Waals surface area contributed by atoms with E-state index >= 15 is 0 Å². The van der Waals surface area contributed by atoms with Crippen LogP contribution in [0.2, 0.25) is 0 Å². The van der Waals surface area contributed by atoms with Crippen molar-refractivity contribution in [2.24, 2.45) is 0 Å². The molecule has 1 N–H and O–H groups in total. The minimum Gasteiger partial charge on any atom is -0.493 e. The number of methoxy groups -OCH3 is 3. The number of hydrogen-bond donors (Lipinski definition) is 1. The highest BCUT2D eigenvalue weighted by atomic mass is 16.5. The summed E-state index contributed by atoms with van der Waals surface area (Å²) in [5, 5.41) is 2.83. The molecule has 7 heteroatoms. The minimum atomic E-state index is -0.252. The SMILES string of the molecule is CCCCCNC(=O)CN(C(C)=O)c1cc(OC)c(OC)c(OC)c1. The second-order valence-electron chi connectivity index (χ2n) is 5.55. The van der Waals surface area contributed by atoms with Crippen LogP contribution >= 0.6 is 0 Å². The molecule has 0 atom stereocenters. The fourth-order valence-electron chi connectivity index (χ4n) is 2.41. The van der Waals surface area contributed by atoms with E-state index in [1.165, 1.54) is 33.2 Å². The fraction of sp³-hybridized carbons (Fsp3) is 0.556. The number of rotatable bonds is 10. The Morgan fingerprint density at radius 3 is 2.08 bits per heavy atom. The van der Waals surface area contributed by atoms with Crippen molar-refractivity contribution in [3.05, 3.63) is 12.1 Å². The molecular weight excluding hydrogens is 324 g/mol. The first-order valence-corrected chi connectivity index (χ1v) is 8.33. The van der Waals surface area contributed by atoms with Gasteiger partial charge in [-0.3, -0.25) is 9.59 Å². The summed E-state index contributed by atoms with van der Waals surface area (Å²) in [5.74, 6) is 0.817. The van der Waals surface area contributed by atoms with Crippen LogP contribution in [0.3, 0.4) is 0 Å². The van der Waals surface area contributed by atoms with E-state index in [1.54, 1.807) is 12.1 Å². The highest BCUT2D eigenvalue weighted by Gasteiger charge is 2.21. The van der Waals surface area contributed by atoms with Crippen molar-refractivity contribution in [1.29, 1.82) is 0 Å². The number of amides is 2. The molecule has 1 rings (SSSR count). The van der Waals surface area contributed by atoms with Crippen LogP contribution in [0.15, 0.2) is 12.1 Å². The Morgan fingerprint density at radius 1 is 1.04 bits per heavy atom. The average molecular weight is 352 g/mol. The third-order valence-electron chi connectivity index (χ3n) is 3.75. The molecule has 0 heterocycles. The monoisotopic (exact) mass is 352 g/mol. The standard InChI is InChI=1S/C18H28N2O5/c1-6-7-8-9-19-17(22)12-20(13(2)21)14-10-15(23-3)18(25-5)16(11-14)24-4/h10-11H,6-9,12H2,1-5H3,(H,19,22). The molecule has 2 amide bonds. The molecule has 7 nitrogen and oxygen atoms in total. The van der Waals surface area contributed by atoms with E-state index in [1.807, 2.05) is 0 Å². The lowest BCUT2D eigenvalue weighted by atomic mass is 10.2. The van der Waals surface area contributed by atoms with Crippen molar-refractivity contribution in [2.75, 3.05) is 39.3 Å². The lowest BCUT2D eigenvalue weighted by Crippen LogP contribution is -2.40. The van der Waals surface area contributed by atoms with Gasteiger partial charge < -0.3 is 24.4 Å². The maximum absolute atomic E-state index is 12.1. The molecule has 0 fully saturated rings. The largest absolute Gasteiger partial charge is 0.493 e. The summed E-state index contributed by atoms with van der Waals surface area (Å²) >= 11 is 0. The van der Waals surface area contributed by atoms with Gasteiger partial charge in [-0.25, -0.2) is 0 Å². The molecule has 0 saturated carbocycles. The van der Waals surface area contributed by atoms with Gasteiger partial charge in [-0.2, -0.15) is 0 Å². The van der Waals surface area contributed by atoms with Crippen LogP contribution in [0.5, 0.6) is 17.2 Å². The Balaban J connectivity index is 2.99. The van der Waals surface area contributed by atoms with Gasteiger partial charge >= 0.3 is 0 Å². The van der Waals surface area contributed by atoms with E-state index in [-0.39, 0.29) is 18.4 Å². The zero-order valence-corrected chi connectivity index (χ0v) is 15.7. The summed E-state index contributed by atoms with van der Waals surface area (Å²) in [6.07, 6.45) is 3.07. The number of anilines is 1. The highest BCUT2D eigenvalue weighted by molar-refractivity contribution is 5.98. The quantitative estimate of drug-likeness (QED) is 0.654. The van der Waals surface area contributed by atoms with Crippen molar-refractivity contribution in [3.8, 4) is 17.2 Å². The van der Waals surface area contributed by atoms with Gasteiger partial charge in [0, 0.05) is 25.6 Å². The predicted molar refractivity (Wildman–Crippen MR) is 96.7 cm³/mol. The smallest absolute Gasteiger partial charge is 0.240 e. The molecule has 0 saturated heterocycles. The van der Waals surface area contributed by atoms with E-state index in [0.29, 0.717) is 29.5 Å². The van der Waals surface area contributed by atoms with E-state index in [0.717, 1.165) is 19.3 Å². The number of carbonyl (C=O) groups is 2. The van der Waals surface area contributed by atoms with Crippen molar-refractivity contribution in [3.63, 3.8) is 0 Å². The molecular formula is C18H28N2O5. The van der Waals surface area contributed by atoms with Crippen molar-refractivity contribution in [2.45, 2.75) is 33.1 Å². The molecule has 0 aliphatic heterocycles. The minimum absolute atomic E-state index is 0.0693. The number of nitrogens with one attached hydrogen (secondary N) is 1. The zero-order valence-electron chi connectivity index (χ0n) is 15.7. The number of carbonyl (C=O) groups excluding carboxylic acids is 2. The van der Waals surface area contributed by atoms with Crippen LogP contribution in [0.4, 0.5) is 5.69 Å². The molecule has 0 aliphatic carbocycles. The van der Waals surface area contributed by atoms with E-state index < -0.39 is 0 Å². The van der Waals surface area contributed by atoms with E-state index in [4.69, 9.17) is 14.2 Å². The second kappa shape index (κ2) is 10.4. The molecule has 0 spiro atoms. The normalized spacial score (nSPS) is 10.1. The van der Waals surface area contributed by atoms with Crippen molar-refractivity contribution in [1.82, 2.24) is 5.32 Å². The number of unbranched alkanes of at least 4 members (excludes halogenated alkanes) is 2. The molecule has 0 aliphatic rings. The predicted octanol–water partition coefficient (Wildman–Crippen LogP) is 2.37. The second-order valence-corrected chi connectivity index (χ2v) is 5.55. The van der Waals surface area contributed by atoms with Gasteiger partial charge in [0.05, 0.1) is 27.0 Å². The summed E-state index contributed by atoms with van der Waals surface area (Å²) in [6, 6.07) is 3.29. The number of benzene rings is 1. The summed E-state index contributed by atoms with van der Waals surface area (Å²) in [5.41, 5.74) is 0.505. The molecule has 140 valence electrons. The lowest BCUT2D eigenvalue weighted by Gasteiger charge is -2.23. The molecule has 0 radical (unpaired) electrons. The van der Waals surface area contributed by atoms with Gasteiger partial charge in [0.1, 0.15) is 6.54 Å². The third-order valence-corrected chi connectivity index (χ3v) is 3.75. The Bertz CT molecular complexity index is 564. The lowest BCUT2D eigenvalue weighted by molar-refractivity contribution is -0.123. The summed E-state index contributed by atoms with van der Waals surface area (Å²) < 4.78 is 15.9. The van der Waals surface area contributed by atoms with Crippen LogP contribution in [-0.4, -0.2) is 46.2 Å². The van der Waals surface area contributed by atoms with E-state index in [2.05, 4.69) is 12.2 Å². The molecule has 0 aromatic heterocycles. The summed E-state index contributed by atoms with van der Waals surface area (Å²) in [4.78, 5) is 25.6. The number of hydrogen-bond acceptors (Lipinski definition) is 5. The number of nitrogens with zero attached hydrogens (tertiary/aromatic N) is 1. The average Bonchev–Trinajstić information content (AvgIpc) is 2.61. The molecule has 1 aromatic carbocycles. The Kier molecular flexibility index (Phi) is 8.60. The van der Waals surface area contributed by atoms with Crippen LogP contribution in [0.1, 0.15) is 33.1 Å². The van der Waals surface area contributed by atoms with Crippen molar-refractivity contribution < 1.29 is 23.8 Å².